The fraction of sp³-hybridized carbons (Fsp3) is 0.857. The molecule has 0 saturated heterocycles. The third kappa shape index (κ3) is 5.77. The molecule has 116 valence electrons. The summed E-state index contributed by atoms with van der Waals surface area (Å²) < 4.78 is 0. The van der Waals surface area contributed by atoms with Crippen molar-refractivity contribution in [2.45, 2.75) is 51.6 Å². The highest BCUT2D eigenvalue weighted by Crippen LogP contribution is 2.24. The molecule has 1 aliphatic carbocycles. The minimum absolute atomic E-state index is 0.0351. The molecule has 0 aromatic heterocycles. The summed E-state index contributed by atoms with van der Waals surface area (Å²) in [4.78, 5) is 26.7. The summed E-state index contributed by atoms with van der Waals surface area (Å²) in [5, 5.41) is 11.6. The summed E-state index contributed by atoms with van der Waals surface area (Å²) in [5.74, 6) is -0.888. The molecule has 0 bridgehead atoms. The first-order valence-electron chi connectivity index (χ1n) is 7.19. The van der Waals surface area contributed by atoms with E-state index < -0.39 is 5.97 Å². The van der Waals surface area contributed by atoms with Gasteiger partial charge in [-0.2, -0.15) is 0 Å². The molecular weight excluding hydrogens is 258 g/mol. The van der Waals surface area contributed by atoms with Gasteiger partial charge in [-0.05, 0) is 40.7 Å². The summed E-state index contributed by atoms with van der Waals surface area (Å²) in [6.45, 7) is 7.36. The highest BCUT2D eigenvalue weighted by atomic mass is 16.4. The Morgan fingerprint density at radius 3 is 2.30 bits per heavy atom. The molecule has 0 heterocycles. The van der Waals surface area contributed by atoms with Gasteiger partial charge in [-0.3, -0.25) is 4.79 Å². The minimum Gasteiger partial charge on any atom is -0.481 e. The zero-order valence-electron chi connectivity index (χ0n) is 13.0. The van der Waals surface area contributed by atoms with E-state index in [2.05, 4.69) is 17.3 Å². The van der Waals surface area contributed by atoms with Gasteiger partial charge < -0.3 is 20.2 Å². The number of carboxylic acids is 1. The van der Waals surface area contributed by atoms with Crippen LogP contribution in [0.1, 0.15) is 40.0 Å². The van der Waals surface area contributed by atoms with E-state index in [1.54, 1.807) is 4.90 Å². The molecule has 0 unspecified atom stereocenters. The average molecular weight is 285 g/mol. The van der Waals surface area contributed by atoms with Crippen LogP contribution in [0, 0.1) is 0 Å². The largest absolute Gasteiger partial charge is 0.481 e. The first kappa shape index (κ1) is 16.8. The van der Waals surface area contributed by atoms with Gasteiger partial charge in [0.15, 0.2) is 0 Å². The molecule has 6 heteroatoms. The normalized spacial score (nSPS) is 15.2. The third-order valence-corrected chi connectivity index (χ3v) is 3.52. The van der Waals surface area contributed by atoms with Gasteiger partial charge in [0.25, 0.3) is 0 Å². The van der Waals surface area contributed by atoms with Crippen molar-refractivity contribution in [3.63, 3.8) is 0 Å². The number of rotatable bonds is 7. The molecule has 2 amide bonds. The van der Waals surface area contributed by atoms with Gasteiger partial charge >= 0.3 is 12.0 Å². The molecule has 6 nitrogen and oxygen atoms in total. The van der Waals surface area contributed by atoms with Crippen molar-refractivity contribution in [1.29, 1.82) is 0 Å². The number of carbonyl (C=O) groups is 2. The van der Waals surface area contributed by atoms with Crippen molar-refractivity contribution in [3.8, 4) is 0 Å². The molecule has 1 rings (SSSR count). The molecule has 0 aromatic rings. The maximum absolute atomic E-state index is 12.2. The lowest BCUT2D eigenvalue weighted by Crippen LogP contribution is -2.52. The third-order valence-electron chi connectivity index (χ3n) is 3.52. The van der Waals surface area contributed by atoms with E-state index in [9.17, 15) is 9.59 Å². The smallest absolute Gasteiger partial charge is 0.317 e. The van der Waals surface area contributed by atoms with E-state index in [1.807, 2.05) is 20.8 Å². The number of nitrogens with zero attached hydrogens (tertiary/aromatic N) is 2. The standard InChI is InChI=1S/C14H27N3O3/c1-14(2,3)17(9-7-12(18)19)13(20)15-8-10-16(4)11-5-6-11/h11H,5-10H2,1-4H3,(H,15,20)(H,18,19). The lowest BCUT2D eigenvalue weighted by Gasteiger charge is -2.35. The van der Waals surface area contributed by atoms with Crippen LogP contribution in [0.2, 0.25) is 0 Å². The Bertz CT molecular complexity index is 348. The van der Waals surface area contributed by atoms with Gasteiger partial charge in [-0.1, -0.05) is 0 Å². The molecule has 2 N–H and O–H groups in total. The maximum Gasteiger partial charge on any atom is 0.317 e. The number of amides is 2. The topological polar surface area (TPSA) is 72.9 Å². The minimum atomic E-state index is -0.888. The fourth-order valence-corrected chi connectivity index (χ4v) is 2.08. The second-order valence-corrected chi connectivity index (χ2v) is 6.41. The monoisotopic (exact) mass is 285 g/mol. The van der Waals surface area contributed by atoms with E-state index in [4.69, 9.17) is 5.11 Å². The van der Waals surface area contributed by atoms with Crippen molar-refractivity contribution in [3.05, 3.63) is 0 Å². The van der Waals surface area contributed by atoms with Crippen LogP contribution in [-0.4, -0.2) is 65.2 Å². The molecule has 0 spiro atoms. The van der Waals surface area contributed by atoms with Gasteiger partial charge in [0.05, 0.1) is 6.42 Å². The second-order valence-electron chi connectivity index (χ2n) is 6.41. The number of hydrogen-bond acceptors (Lipinski definition) is 3. The van der Waals surface area contributed by atoms with Crippen LogP contribution in [0.5, 0.6) is 0 Å². The number of urea groups is 1. The van der Waals surface area contributed by atoms with Crippen LogP contribution in [0.4, 0.5) is 4.79 Å². The summed E-state index contributed by atoms with van der Waals surface area (Å²) >= 11 is 0. The van der Waals surface area contributed by atoms with E-state index in [0.29, 0.717) is 12.6 Å². The van der Waals surface area contributed by atoms with E-state index in [-0.39, 0.29) is 24.5 Å². The van der Waals surface area contributed by atoms with Crippen LogP contribution in [0.15, 0.2) is 0 Å². The predicted molar refractivity (Wildman–Crippen MR) is 77.8 cm³/mol. The van der Waals surface area contributed by atoms with Crippen molar-refractivity contribution in [2.75, 3.05) is 26.7 Å². The quantitative estimate of drug-likeness (QED) is 0.741. The van der Waals surface area contributed by atoms with E-state index >= 15 is 0 Å². The molecule has 0 aromatic carbocycles. The van der Waals surface area contributed by atoms with Crippen molar-refractivity contribution < 1.29 is 14.7 Å². The number of likely N-dealkylation sites (N-methyl/N-ethyl adjacent to an activating group) is 1. The summed E-state index contributed by atoms with van der Waals surface area (Å²) in [6.07, 6.45) is 2.46. The van der Waals surface area contributed by atoms with Crippen LogP contribution in [-0.2, 0) is 4.79 Å². The van der Waals surface area contributed by atoms with E-state index in [1.165, 1.54) is 12.8 Å². The lowest BCUT2D eigenvalue weighted by molar-refractivity contribution is -0.137. The number of carbonyl (C=O) groups excluding carboxylic acids is 1. The van der Waals surface area contributed by atoms with Gasteiger partial charge in [-0.25, -0.2) is 4.79 Å². The fourth-order valence-electron chi connectivity index (χ4n) is 2.08. The molecular formula is C14H27N3O3. The van der Waals surface area contributed by atoms with Gasteiger partial charge in [0.2, 0.25) is 0 Å². The van der Waals surface area contributed by atoms with Crippen molar-refractivity contribution >= 4 is 12.0 Å². The first-order valence-corrected chi connectivity index (χ1v) is 7.19. The Morgan fingerprint density at radius 2 is 1.85 bits per heavy atom. The zero-order valence-corrected chi connectivity index (χ0v) is 13.0. The molecule has 1 saturated carbocycles. The Labute approximate surface area is 121 Å². The SMILES string of the molecule is CN(CCNC(=O)N(CCC(=O)O)C(C)(C)C)C1CC1. The van der Waals surface area contributed by atoms with Crippen LogP contribution in [0.3, 0.4) is 0 Å². The van der Waals surface area contributed by atoms with Crippen LogP contribution >= 0.6 is 0 Å². The summed E-state index contributed by atoms with van der Waals surface area (Å²) in [7, 11) is 2.07. The highest BCUT2D eigenvalue weighted by molar-refractivity contribution is 5.76. The first-order chi connectivity index (χ1) is 9.21. The van der Waals surface area contributed by atoms with Gasteiger partial charge in [0, 0.05) is 31.2 Å². The predicted octanol–water partition coefficient (Wildman–Crippen LogP) is 1.37. The zero-order chi connectivity index (χ0) is 15.3. The molecule has 20 heavy (non-hydrogen) atoms. The summed E-state index contributed by atoms with van der Waals surface area (Å²) in [5.41, 5.74) is -0.387. The Hall–Kier alpha value is -1.30. The van der Waals surface area contributed by atoms with Crippen molar-refractivity contribution in [2.24, 2.45) is 0 Å². The number of aliphatic carboxylic acids is 1. The average Bonchev–Trinajstić information content (AvgIpc) is 3.10. The maximum atomic E-state index is 12.2. The molecule has 0 atom stereocenters. The van der Waals surface area contributed by atoms with E-state index in [0.717, 1.165) is 6.54 Å². The van der Waals surface area contributed by atoms with Crippen molar-refractivity contribution in [1.82, 2.24) is 15.1 Å². The second kappa shape index (κ2) is 6.92. The molecule has 1 aliphatic rings. The van der Waals surface area contributed by atoms with Crippen LogP contribution < -0.4 is 5.32 Å². The van der Waals surface area contributed by atoms with Gasteiger partial charge in [-0.15, -0.1) is 0 Å². The molecule has 0 aliphatic heterocycles. The Kier molecular flexibility index (Phi) is 5.80. The Morgan fingerprint density at radius 1 is 1.25 bits per heavy atom. The van der Waals surface area contributed by atoms with Gasteiger partial charge in [0.1, 0.15) is 0 Å². The number of hydrogen-bond donors (Lipinski definition) is 2. The number of carboxylic acid groups (broad SMARTS) is 1. The molecule has 0 radical (unpaired) electrons. The summed E-state index contributed by atoms with van der Waals surface area (Å²) in [6, 6.07) is 0.487. The lowest BCUT2D eigenvalue weighted by atomic mass is 10.1. The number of nitrogens with one attached hydrogen (secondary N) is 1. The molecule has 1 fully saturated rings. The highest BCUT2D eigenvalue weighted by Gasteiger charge is 2.28. The van der Waals surface area contributed by atoms with Crippen LogP contribution in [0.25, 0.3) is 0 Å². The Balaban J connectivity index is 2.39.